The number of aromatic nitrogens is 2. The standard InChI is InChI=1S/C22H18N4O/c27-22(21-18-10-5-11-20(18)24-25-21)26-23-13-19-16-8-3-1-6-14(16)12-15-7-2-4-9-17(15)19/h1-4,6-9,12-13H,5,10-11H2,(H,24,25)(H,26,27). The Kier molecular flexibility index (Phi) is 3.71. The highest BCUT2D eigenvalue weighted by Crippen LogP contribution is 2.27. The Labute approximate surface area is 156 Å². The van der Waals surface area contributed by atoms with E-state index in [1.54, 1.807) is 6.21 Å². The van der Waals surface area contributed by atoms with E-state index in [1.807, 2.05) is 24.3 Å². The van der Waals surface area contributed by atoms with Crippen LogP contribution in [0.1, 0.15) is 33.7 Å². The summed E-state index contributed by atoms with van der Waals surface area (Å²) in [6, 6.07) is 18.6. The number of benzene rings is 3. The molecule has 132 valence electrons. The number of carbonyl (C=O) groups is 1. The second kappa shape index (κ2) is 6.36. The van der Waals surface area contributed by atoms with Gasteiger partial charge in [-0.3, -0.25) is 9.89 Å². The lowest BCUT2D eigenvalue weighted by atomic mass is 9.97. The number of carbonyl (C=O) groups excluding carboxylic acids is 1. The van der Waals surface area contributed by atoms with Gasteiger partial charge in [-0.25, -0.2) is 5.43 Å². The first-order valence-corrected chi connectivity index (χ1v) is 9.11. The van der Waals surface area contributed by atoms with Crippen molar-refractivity contribution in [2.45, 2.75) is 19.3 Å². The molecule has 5 heteroatoms. The van der Waals surface area contributed by atoms with Crippen LogP contribution < -0.4 is 5.43 Å². The van der Waals surface area contributed by atoms with Crippen molar-refractivity contribution in [2.75, 3.05) is 0 Å². The predicted molar refractivity (Wildman–Crippen MR) is 107 cm³/mol. The van der Waals surface area contributed by atoms with Gasteiger partial charge in [0.05, 0.1) is 6.21 Å². The highest BCUT2D eigenvalue weighted by Gasteiger charge is 2.22. The fourth-order valence-corrected chi connectivity index (χ4v) is 3.90. The van der Waals surface area contributed by atoms with Gasteiger partial charge in [-0.2, -0.15) is 10.2 Å². The quantitative estimate of drug-likeness (QED) is 0.332. The van der Waals surface area contributed by atoms with Gasteiger partial charge in [0.1, 0.15) is 0 Å². The van der Waals surface area contributed by atoms with E-state index in [9.17, 15) is 4.79 Å². The van der Waals surface area contributed by atoms with Gasteiger partial charge in [-0.15, -0.1) is 0 Å². The molecule has 0 bridgehead atoms. The Morgan fingerprint density at radius 3 is 2.48 bits per heavy atom. The third-order valence-corrected chi connectivity index (χ3v) is 5.19. The third-order valence-electron chi connectivity index (χ3n) is 5.19. The van der Waals surface area contributed by atoms with E-state index < -0.39 is 0 Å². The number of rotatable bonds is 3. The average Bonchev–Trinajstić information content (AvgIpc) is 3.31. The van der Waals surface area contributed by atoms with Crippen molar-refractivity contribution in [1.82, 2.24) is 15.6 Å². The van der Waals surface area contributed by atoms with Crippen molar-refractivity contribution in [3.05, 3.63) is 77.1 Å². The fraction of sp³-hybridized carbons (Fsp3) is 0.136. The van der Waals surface area contributed by atoms with Crippen LogP contribution in [0.15, 0.2) is 59.7 Å². The second-order valence-electron chi connectivity index (χ2n) is 6.81. The van der Waals surface area contributed by atoms with Crippen molar-refractivity contribution in [3.63, 3.8) is 0 Å². The Hall–Kier alpha value is -3.47. The smallest absolute Gasteiger partial charge is 0.281 e. The van der Waals surface area contributed by atoms with Gasteiger partial charge < -0.3 is 0 Å². The Morgan fingerprint density at radius 2 is 1.74 bits per heavy atom. The number of H-pyrrole nitrogens is 1. The number of hydrogen-bond acceptors (Lipinski definition) is 3. The van der Waals surface area contributed by atoms with Crippen molar-refractivity contribution in [2.24, 2.45) is 5.10 Å². The molecule has 2 N–H and O–H groups in total. The molecule has 4 aromatic rings. The predicted octanol–water partition coefficient (Wildman–Crippen LogP) is 3.97. The number of amides is 1. The van der Waals surface area contributed by atoms with Crippen LogP contribution in [0, 0.1) is 0 Å². The molecule has 0 aliphatic heterocycles. The minimum Gasteiger partial charge on any atom is -0.281 e. The first-order chi connectivity index (χ1) is 13.3. The normalized spacial score (nSPS) is 13.5. The number of aryl methyl sites for hydroxylation is 1. The van der Waals surface area contributed by atoms with E-state index in [-0.39, 0.29) is 5.91 Å². The molecular formula is C22H18N4O. The van der Waals surface area contributed by atoms with E-state index in [0.717, 1.165) is 57.6 Å². The molecule has 1 aromatic heterocycles. The van der Waals surface area contributed by atoms with Crippen LogP contribution >= 0.6 is 0 Å². The van der Waals surface area contributed by atoms with Gasteiger partial charge in [0.2, 0.25) is 0 Å². The van der Waals surface area contributed by atoms with Gasteiger partial charge >= 0.3 is 0 Å². The summed E-state index contributed by atoms with van der Waals surface area (Å²) in [5, 5.41) is 15.9. The monoisotopic (exact) mass is 354 g/mol. The van der Waals surface area contributed by atoms with Gasteiger partial charge in [-0.1, -0.05) is 48.5 Å². The third kappa shape index (κ3) is 2.68. The van der Waals surface area contributed by atoms with E-state index in [1.165, 1.54) is 0 Å². The molecule has 5 nitrogen and oxygen atoms in total. The zero-order valence-electron chi connectivity index (χ0n) is 14.7. The zero-order chi connectivity index (χ0) is 18.2. The second-order valence-corrected chi connectivity index (χ2v) is 6.81. The van der Waals surface area contributed by atoms with Crippen LogP contribution in [0.5, 0.6) is 0 Å². The van der Waals surface area contributed by atoms with Gasteiger partial charge in [-0.05, 0) is 46.9 Å². The largest absolute Gasteiger partial charge is 0.292 e. The molecule has 0 saturated carbocycles. The summed E-state index contributed by atoms with van der Waals surface area (Å²) in [6.07, 6.45) is 4.65. The molecule has 0 atom stereocenters. The molecule has 0 saturated heterocycles. The van der Waals surface area contributed by atoms with Crippen molar-refractivity contribution in [1.29, 1.82) is 0 Å². The van der Waals surface area contributed by atoms with Crippen molar-refractivity contribution in [3.8, 4) is 0 Å². The van der Waals surface area contributed by atoms with E-state index in [0.29, 0.717) is 5.69 Å². The molecule has 1 aliphatic rings. The molecule has 0 fully saturated rings. The number of aromatic amines is 1. The number of nitrogens with zero attached hydrogens (tertiary/aromatic N) is 2. The average molecular weight is 354 g/mol. The molecular weight excluding hydrogens is 336 g/mol. The minimum absolute atomic E-state index is 0.268. The molecule has 5 rings (SSSR count). The van der Waals surface area contributed by atoms with Crippen molar-refractivity contribution < 1.29 is 4.79 Å². The molecule has 1 amide bonds. The summed E-state index contributed by atoms with van der Waals surface area (Å²) in [5.41, 5.74) is 6.20. The van der Waals surface area contributed by atoms with E-state index in [2.05, 4.69) is 51.1 Å². The molecule has 0 radical (unpaired) electrons. The number of hydrazone groups is 1. The van der Waals surface area contributed by atoms with Crippen LogP contribution in [0.2, 0.25) is 0 Å². The van der Waals surface area contributed by atoms with E-state index >= 15 is 0 Å². The van der Waals surface area contributed by atoms with Crippen LogP contribution in [-0.4, -0.2) is 22.3 Å². The highest BCUT2D eigenvalue weighted by molar-refractivity contribution is 6.13. The number of hydrogen-bond donors (Lipinski definition) is 2. The maximum absolute atomic E-state index is 12.5. The van der Waals surface area contributed by atoms with Crippen LogP contribution in [0.3, 0.4) is 0 Å². The van der Waals surface area contributed by atoms with Crippen molar-refractivity contribution >= 4 is 33.7 Å². The summed E-state index contributed by atoms with van der Waals surface area (Å²) >= 11 is 0. The molecule has 0 unspecified atom stereocenters. The van der Waals surface area contributed by atoms with Crippen LogP contribution in [-0.2, 0) is 12.8 Å². The lowest BCUT2D eigenvalue weighted by molar-refractivity contribution is 0.0949. The first kappa shape index (κ1) is 15.8. The SMILES string of the molecule is O=C(NN=Cc1c2ccccc2cc2ccccc12)c1n[nH]c2c1CCC2. The Balaban J connectivity index is 1.50. The Bertz CT molecular complexity index is 1150. The topological polar surface area (TPSA) is 70.1 Å². The summed E-state index contributed by atoms with van der Waals surface area (Å²) < 4.78 is 0. The summed E-state index contributed by atoms with van der Waals surface area (Å²) in [4.78, 5) is 12.5. The Morgan fingerprint density at radius 1 is 1.04 bits per heavy atom. The maximum Gasteiger partial charge on any atom is 0.292 e. The first-order valence-electron chi connectivity index (χ1n) is 9.11. The van der Waals surface area contributed by atoms with Crippen LogP contribution in [0.4, 0.5) is 0 Å². The lowest BCUT2D eigenvalue weighted by Crippen LogP contribution is -2.19. The van der Waals surface area contributed by atoms with Crippen LogP contribution in [0.25, 0.3) is 21.5 Å². The van der Waals surface area contributed by atoms with Gasteiger partial charge in [0, 0.05) is 16.8 Å². The maximum atomic E-state index is 12.5. The number of fused-ring (bicyclic) bond motifs is 3. The molecule has 0 spiro atoms. The molecule has 1 heterocycles. The van der Waals surface area contributed by atoms with Gasteiger partial charge in [0.25, 0.3) is 5.91 Å². The molecule has 3 aromatic carbocycles. The molecule has 1 aliphatic carbocycles. The summed E-state index contributed by atoms with van der Waals surface area (Å²) in [6.45, 7) is 0. The molecule has 27 heavy (non-hydrogen) atoms. The number of nitrogens with one attached hydrogen (secondary N) is 2. The van der Waals surface area contributed by atoms with E-state index in [4.69, 9.17) is 0 Å². The summed E-state index contributed by atoms with van der Waals surface area (Å²) in [5.74, 6) is -0.268. The summed E-state index contributed by atoms with van der Waals surface area (Å²) in [7, 11) is 0. The minimum atomic E-state index is -0.268. The van der Waals surface area contributed by atoms with Gasteiger partial charge in [0.15, 0.2) is 5.69 Å². The highest BCUT2D eigenvalue weighted by atomic mass is 16.2. The zero-order valence-corrected chi connectivity index (χ0v) is 14.7. The fourth-order valence-electron chi connectivity index (χ4n) is 3.90. The lowest BCUT2D eigenvalue weighted by Gasteiger charge is -2.07.